The molecule has 0 fully saturated rings. The molecule has 4 heteroatoms. The van der Waals surface area contributed by atoms with E-state index in [1.54, 1.807) is 30.5 Å². The smallest absolute Gasteiger partial charge is 0.255 e. The average molecular weight is 301 g/mol. The van der Waals surface area contributed by atoms with Crippen molar-refractivity contribution in [3.05, 3.63) is 65.0 Å². The highest BCUT2D eigenvalue weighted by atomic mass is 35.5. The third-order valence-electron chi connectivity index (χ3n) is 2.95. The lowest BCUT2D eigenvalue weighted by atomic mass is 10.1. The summed E-state index contributed by atoms with van der Waals surface area (Å²) >= 11 is 5.92. The lowest BCUT2D eigenvalue weighted by Gasteiger charge is -2.06. The third kappa shape index (κ3) is 4.43. The summed E-state index contributed by atoms with van der Waals surface area (Å²) in [6, 6.07) is 10.9. The topological polar surface area (TPSA) is 42.0 Å². The number of anilines is 1. The van der Waals surface area contributed by atoms with Crippen LogP contribution >= 0.6 is 11.6 Å². The van der Waals surface area contributed by atoms with Crippen molar-refractivity contribution in [2.45, 2.75) is 19.8 Å². The largest absolute Gasteiger partial charge is 0.319 e. The van der Waals surface area contributed by atoms with Crippen molar-refractivity contribution in [3.8, 4) is 0 Å². The number of carbonyl (C=O) groups excluding carboxylic acids is 1. The summed E-state index contributed by atoms with van der Waals surface area (Å²) in [5.74, 6) is -0.200. The minimum atomic E-state index is -0.200. The van der Waals surface area contributed by atoms with Gasteiger partial charge in [0.1, 0.15) is 0 Å². The zero-order valence-corrected chi connectivity index (χ0v) is 12.6. The number of rotatable bonds is 5. The molecule has 2 aromatic rings. The number of aromatic nitrogens is 1. The molecule has 3 nitrogen and oxygen atoms in total. The molecule has 0 unspecified atom stereocenters. The average Bonchev–Trinajstić information content (AvgIpc) is 2.50. The molecule has 21 heavy (non-hydrogen) atoms. The second-order valence-corrected chi connectivity index (χ2v) is 4.97. The van der Waals surface area contributed by atoms with E-state index in [0.29, 0.717) is 11.3 Å². The first kappa shape index (κ1) is 15.3. The van der Waals surface area contributed by atoms with Crippen LogP contribution in [0.2, 0.25) is 5.15 Å². The number of nitrogens with zero attached hydrogens (tertiary/aromatic N) is 1. The summed E-state index contributed by atoms with van der Waals surface area (Å²) in [7, 11) is 0. The third-order valence-corrected chi connectivity index (χ3v) is 3.25. The van der Waals surface area contributed by atoms with E-state index in [-0.39, 0.29) is 11.1 Å². The van der Waals surface area contributed by atoms with Crippen molar-refractivity contribution in [3.63, 3.8) is 0 Å². The quantitative estimate of drug-likeness (QED) is 0.806. The van der Waals surface area contributed by atoms with Gasteiger partial charge in [0.25, 0.3) is 5.91 Å². The highest BCUT2D eigenvalue weighted by Crippen LogP contribution is 2.18. The van der Waals surface area contributed by atoms with Crippen LogP contribution in [0.3, 0.4) is 0 Å². The van der Waals surface area contributed by atoms with Gasteiger partial charge >= 0.3 is 0 Å². The molecule has 0 aliphatic heterocycles. The van der Waals surface area contributed by atoms with Gasteiger partial charge in [-0.2, -0.15) is 0 Å². The fraction of sp³-hybridized carbons (Fsp3) is 0.176. The summed E-state index contributed by atoms with van der Waals surface area (Å²) < 4.78 is 0. The second-order valence-electron chi connectivity index (χ2n) is 4.61. The van der Waals surface area contributed by atoms with E-state index < -0.39 is 0 Å². The van der Waals surface area contributed by atoms with Gasteiger partial charge in [-0.1, -0.05) is 49.2 Å². The molecule has 1 amide bonds. The molecule has 1 heterocycles. The van der Waals surface area contributed by atoms with Crippen LogP contribution in [0.25, 0.3) is 6.08 Å². The minimum absolute atomic E-state index is 0.200. The zero-order valence-electron chi connectivity index (χ0n) is 11.8. The van der Waals surface area contributed by atoms with Crippen molar-refractivity contribution >= 4 is 29.3 Å². The maximum atomic E-state index is 12.1. The maximum absolute atomic E-state index is 12.1. The lowest BCUT2D eigenvalue weighted by molar-refractivity contribution is 0.102. The van der Waals surface area contributed by atoms with E-state index in [0.717, 1.165) is 18.4 Å². The Kier molecular flexibility index (Phi) is 5.52. The van der Waals surface area contributed by atoms with Gasteiger partial charge in [0.15, 0.2) is 5.15 Å². The molecule has 0 bridgehead atoms. The number of carbonyl (C=O) groups is 1. The summed E-state index contributed by atoms with van der Waals surface area (Å²) in [6.45, 7) is 2.14. The number of unbranched alkanes of at least 4 members (excludes halogenated alkanes) is 1. The van der Waals surface area contributed by atoms with Crippen LogP contribution in [0.1, 0.15) is 35.7 Å². The molecular weight excluding hydrogens is 284 g/mol. The van der Waals surface area contributed by atoms with Gasteiger partial charge in [-0.25, -0.2) is 4.98 Å². The van der Waals surface area contributed by atoms with Gasteiger partial charge in [0.05, 0.1) is 5.69 Å². The second kappa shape index (κ2) is 7.60. The van der Waals surface area contributed by atoms with Gasteiger partial charge < -0.3 is 5.32 Å². The van der Waals surface area contributed by atoms with Gasteiger partial charge in [0.2, 0.25) is 0 Å². The number of hydrogen-bond donors (Lipinski definition) is 1. The first-order chi connectivity index (χ1) is 10.2. The number of hydrogen-bond acceptors (Lipinski definition) is 2. The van der Waals surface area contributed by atoms with Gasteiger partial charge in [0, 0.05) is 11.8 Å². The standard InChI is InChI=1S/C17H17ClN2O/c1-2-3-4-6-13-8-10-14(11-9-13)17(21)20-15-7-5-12-19-16(15)18/h4-12H,2-3H2,1H3,(H,20,21). The summed E-state index contributed by atoms with van der Waals surface area (Å²) in [5, 5.41) is 3.03. The molecule has 2 rings (SSSR count). The first-order valence-electron chi connectivity index (χ1n) is 6.89. The predicted molar refractivity (Wildman–Crippen MR) is 87.6 cm³/mol. The van der Waals surface area contributed by atoms with Crippen LogP contribution < -0.4 is 5.32 Å². The fourth-order valence-corrected chi connectivity index (χ4v) is 1.97. The Hall–Kier alpha value is -2.13. The number of benzene rings is 1. The van der Waals surface area contributed by atoms with Crippen molar-refractivity contribution in [1.82, 2.24) is 4.98 Å². The summed E-state index contributed by atoms with van der Waals surface area (Å²) in [5.41, 5.74) is 2.18. The summed E-state index contributed by atoms with van der Waals surface area (Å²) in [4.78, 5) is 16.0. The van der Waals surface area contributed by atoms with Gasteiger partial charge in [-0.3, -0.25) is 4.79 Å². The van der Waals surface area contributed by atoms with Crippen LogP contribution in [-0.2, 0) is 0 Å². The Morgan fingerprint density at radius 1 is 1.29 bits per heavy atom. The van der Waals surface area contributed by atoms with E-state index in [4.69, 9.17) is 11.6 Å². The van der Waals surface area contributed by atoms with Gasteiger partial charge in [-0.05, 0) is 36.2 Å². The van der Waals surface area contributed by atoms with E-state index in [2.05, 4.69) is 29.4 Å². The number of amides is 1. The molecule has 1 N–H and O–H groups in total. The lowest BCUT2D eigenvalue weighted by Crippen LogP contribution is -2.12. The highest BCUT2D eigenvalue weighted by molar-refractivity contribution is 6.32. The van der Waals surface area contributed by atoms with Crippen LogP contribution in [0.15, 0.2) is 48.7 Å². The Labute approximate surface area is 129 Å². The van der Waals surface area contributed by atoms with Crippen LogP contribution in [0.5, 0.6) is 0 Å². The molecule has 1 aromatic heterocycles. The van der Waals surface area contributed by atoms with Gasteiger partial charge in [-0.15, -0.1) is 0 Å². The molecule has 1 aromatic carbocycles. The molecule has 0 saturated heterocycles. The van der Waals surface area contributed by atoms with Crippen LogP contribution in [0, 0.1) is 0 Å². The van der Waals surface area contributed by atoms with Crippen molar-refractivity contribution in [2.24, 2.45) is 0 Å². The van der Waals surface area contributed by atoms with E-state index in [1.807, 2.05) is 12.1 Å². The monoisotopic (exact) mass is 300 g/mol. The summed E-state index contributed by atoms with van der Waals surface area (Å²) in [6.07, 6.45) is 7.95. The number of allylic oxidation sites excluding steroid dienone is 1. The number of nitrogens with one attached hydrogen (secondary N) is 1. The molecule has 0 aliphatic rings. The van der Waals surface area contributed by atoms with E-state index in [1.165, 1.54) is 0 Å². The minimum Gasteiger partial charge on any atom is -0.319 e. The highest BCUT2D eigenvalue weighted by Gasteiger charge is 2.08. The fourth-order valence-electron chi connectivity index (χ4n) is 1.81. The van der Waals surface area contributed by atoms with Crippen molar-refractivity contribution < 1.29 is 4.79 Å². The van der Waals surface area contributed by atoms with Crippen molar-refractivity contribution in [2.75, 3.05) is 5.32 Å². The molecule has 108 valence electrons. The number of pyridine rings is 1. The Morgan fingerprint density at radius 2 is 2.05 bits per heavy atom. The van der Waals surface area contributed by atoms with Crippen molar-refractivity contribution in [1.29, 1.82) is 0 Å². The molecule has 0 spiro atoms. The molecule has 0 saturated carbocycles. The first-order valence-corrected chi connectivity index (χ1v) is 7.27. The maximum Gasteiger partial charge on any atom is 0.255 e. The Morgan fingerprint density at radius 3 is 2.71 bits per heavy atom. The molecular formula is C17H17ClN2O. The predicted octanol–water partition coefficient (Wildman–Crippen LogP) is 4.80. The van der Waals surface area contributed by atoms with E-state index in [9.17, 15) is 4.79 Å². The van der Waals surface area contributed by atoms with E-state index >= 15 is 0 Å². The SMILES string of the molecule is CCCC=Cc1ccc(C(=O)Nc2cccnc2Cl)cc1. The normalized spacial score (nSPS) is 10.8. The molecule has 0 atom stereocenters. The Bertz CT molecular complexity index is 635. The van der Waals surface area contributed by atoms with Crippen LogP contribution in [0.4, 0.5) is 5.69 Å². The van der Waals surface area contributed by atoms with Crippen LogP contribution in [-0.4, -0.2) is 10.9 Å². The molecule has 0 radical (unpaired) electrons. The Balaban J connectivity index is 2.05. The zero-order chi connectivity index (χ0) is 15.1. The number of halogens is 1. The molecule has 0 aliphatic carbocycles.